The van der Waals surface area contributed by atoms with Gasteiger partial charge in [-0.2, -0.15) is 0 Å². The van der Waals surface area contributed by atoms with Gasteiger partial charge in [0, 0.05) is 38.5 Å². The maximum Gasteiger partial charge on any atom is 0.191 e. The maximum absolute atomic E-state index is 5.59. The van der Waals surface area contributed by atoms with Crippen LogP contribution in [0.3, 0.4) is 0 Å². The molecule has 1 aromatic heterocycles. The Balaban J connectivity index is 2.43. The van der Waals surface area contributed by atoms with Gasteiger partial charge in [-0.15, -0.1) is 10.2 Å². The summed E-state index contributed by atoms with van der Waals surface area (Å²) in [5.41, 5.74) is 5.59. The average Bonchev–Trinajstić information content (AvgIpc) is 2.73. The first-order valence-electron chi connectivity index (χ1n) is 6.68. The number of rotatable bonds is 10. The lowest BCUT2D eigenvalue weighted by atomic mass is 10.5. The third-order valence-corrected chi connectivity index (χ3v) is 3.54. The van der Waals surface area contributed by atoms with Gasteiger partial charge >= 0.3 is 0 Å². The Hall–Kier alpha value is -0.630. The van der Waals surface area contributed by atoms with E-state index < -0.39 is 0 Å². The van der Waals surface area contributed by atoms with Gasteiger partial charge in [-0.3, -0.25) is 0 Å². The fourth-order valence-electron chi connectivity index (χ4n) is 1.69. The van der Waals surface area contributed by atoms with E-state index in [0.29, 0.717) is 19.8 Å². The highest BCUT2D eigenvalue weighted by Gasteiger charge is 2.11. The Morgan fingerprint density at radius 2 is 1.95 bits per heavy atom. The molecule has 19 heavy (non-hydrogen) atoms. The summed E-state index contributed by atoms with van der Waals surface area (Å²) in [6.07, 6.45) is 0.704. The molecule has 1 rings (SSSR count). The van der Waals surface area contributed by atoms with E-state index in [2.05, 4.69) is 10.2 Å². The van der Waals surface area contributed by atoms with Crippen LogP contribution in [0.4, 0.5) is 0 Å². The van der Waals surface area contributed by atoms with Crippen molar-refractivity contribution in [3.05, 3.63) is 5.82 Å². The van der Waals surface area contributed by atoms with Crippen LogP contribution >= 0.6 is 11.8 Å². The van der Waals surface area contributed by atoms with Crippen molar-refractivity contribution in [2.24, 2.45) is 5.73 Å². The van der Waals surface area contributed by atoms with Gasteiger partial charge in [0.25, 0.3) is 0 Å². The van der Waals surface area contributed by atoms with Crippen molar-refractivity contribution in [2.75, 3.05) is 25.5 Å². The molecule has 0 fully saturated rings. The van der Waals surface area contributed by atoms with Crippen molar-refractivity contribution >= 4 is 11.8 Å². The Labute approximate surface area is 119 Å². The van der Waals surface area contributed by atoms with Gasteiger partial charge in [0.2, 0.25) is 0 Å². The van der Waals surface area contributed by atoms with Crippen molar-refractivity contribution in [1.82, 2.24) is 14.8 Å². The molecule has 1 aromatic rings. The van der Waals surface area contributed by atoms with E-state index in [1.165, 1.54) is 0 Å². The first-order chi connectivity index (χ1) is 9.22. The summed E-state index contributed by atoms with van der Waals surface area (Å²) in [4.78, 5) is 0. The molecule has 2 N–H and O–H groups in total. The van der Waals surface area contributed by atoms with E-state index >= 15 is 0 Å². The molecular weight excluding hydrogens is 264 g/mol. The first kappa shape index (κ1) is 16.4. The fourth-order valence-corrected chi connectivity index (χ4v) is 2.66. The SMILES string of the molecule is CCOC(CCSc1nnc(C)n1CCN)OCC. The zero-order chi connectivity index (χ0) is 14.1. The van der Waals surface area contributed by atoms with Crippen LogP contribution < -0.4 is 5.73 Å². The van der Waals surface area contributed by atoms with Gasteiger partial charge in [0.15, 0.2) is 11.4 Å². The van der Waals surface area contributed by atoms with E-state index in [1.54, 1.807) is 11.8 Å². The Morgan fingerprint density at radius 1 is 1.26 bits per heavy atom. The molecule has 7 heteroatoms. The Morgan fingerprint density at radius 3 is 2.53 bits per heavy atom. The predicted octanol–water partition coefficient (Wildman–Crippen LogP) is 1.43. The quantitative estimate of drug-likeness (QED) is 0.518. The van der Waals surface area contributed by atoms with Gasteiger partial charge in [-0.1, -0.05) is 11.8 Å². The minimum Gasteiger partial charge on any atom is -0.353 e. The standard InChI is InChI=1S/C12H24N4O2S/c1-4-17-11(18-5-2)6-9-19-12-15-14-10(3)16(12)8-7-13/h11H,4-9,13H2,1-3H3. The summed E-state index contributed by atoms with van der Waals surface area (Å²) >= 11 is 1.66. The molecule has 0 atom stereocenters. The van der Waals surface area contributed by atoms with Crippen LogP contribution in [-0.4, -0.2) is 46.6 Å². The molecule has 0 aromatic carbocycles. The van der Waals surface area contributed by atoms with Crippen LogP contribution in [0.15, 0.2) is 5.16 Å². The minimum absolute atomic E-state index is 0.130. The molecule has 0 aliphatic rings. The highest BCUT2D eigenvalue weighted by atomic mass is 32.2. The molecule has 0 spiro atoms. The smallest absolute Gasteiger partial charge is 0.191 e. The molecule has 0 radical (unpaired) electrons. The summed E-state index contributed by atoms with van der Waals surface area (Å²) < 4.78 is 13.1. The second kappa shape index (κ2) is 9.30. The lowest BCUT2D eigenvalue weighted by molar-refractivity contribution is -0.136. The van der Waals surface area contributed by atoms with E-state index in [1.807, 2.05) is 25.3 Å². The van der Waals surface area contributed by atoms with Crippen molar-refractivity contribution in [3.8, 4) is 0 Å². The molecule has 0 saturated carbocycles. The van der Waals surface area contributed by atoms with E-state index in [9.17, 15) is 0 Å². The third-order valence-electron chi connectivity index (χ3n) is 2.54. The normalized spacial score (nSPS) is 11.4. The van der Waals surface area contributed by atoms with E-state index in [0.717, 1.165) is 29.7 Å². The van der Waals surface area contributed by atoms with Gasteiger partial charge in [0.05, 0.1) is 0 Å². The largest absolute Gasteiger partial charge is 0.353 e. The molecule has 0 aliphatic heterocycles. The van der Waals surface area contributed by atoms with Crippen LogP contribution in [-0.2, 0) is 16.0 Å². The third kappa shape index (κ3) is 5.48. The second-order valence-corrected chi connectivity index (χ2v) is 5.01. The van der Waals surface area contributed by atoms with Gasteiger partial charge in [-0.05, 0) is 20.8 Å². The van der Waals surface area contributed by atoms with Crippen molar-refractivity contribution in [2.45, 2.75) is 45.2 Å². The van der Waals surface area contributed by atoms with Crippen molar-refractivity contribution < 1.29 is 9.47 Å². The van der Waals surface area contributed by atoms with Gasteiger partial charge in [-0.25, -0.2) is 0 Å². The molecular formula is C12H24N4O2S. The van der Waals surface area contributed by atoms with Crippen molar-refractivity contribution in [1.29, 1.82) is 0 Å². The zero-order valence-electron chi connectivity index (χ0n) is 12.0. The number of ether oxygens (including phenoxy) is 2. The topological polar surface area (TPSA) is 75.2 Å². The molecule has 6 nitrogen and oxygen atoms in total. The number of thioether (sulfide) groups is 1. The summed E-state index contributed by atoms with van der Waals surface area (Å²) in [6.45, 7) is 8.56. The lowest BCUT2D eigenvalue weighted by Gasteiger charge is -2.16. The number of nitrogens with zero attached hydrogens (tertiary/aromatic N) is 3. The van der Waals surface area contributed by atoms with E-state index in [-0.39, 0.29) is 6.29 Å². The van der Waals surface area contributed by atoms with E-state index in [4.69, 9.17) is 15.2 Å². The monoisotopic (exact) mass is 288 g/mol. The first-order valence-corrected chi connectivity index (χ1v) is 7.67. The number of aryl methyl sites for hydroxylation is 1. The van der Waals surface area contributed by atoms with Crippen molar-refractivity contribution in [3.63, 3.8) is 0 Å². The van der Waals surface area contributed by atoms with Crippen LogP contribution in [0.1, 0.15) is 26.1 Å². The highest BCUT2D eigenvalue weighted by molar-refractivity contribution is 7.99. The Kier molecular flexibility index (Phi) is 8.04. The second-order valence-electron chi connectivity index (χ2n) is 3.95. The maximum atomic E-state index is 5.59. The molecule has 0 unspecified atom stereocenters. The summed E-state index contributed by atoms with van der Waals surface area (Å²) in [7, 11) is 0. The minimum atomic E-state index is -0.130. The van der Waals surface area contributed by atoms with Crippen LogP contribution in [0, 0.1) is 6.92 Å². The molecule has 0 amide bonds. The van der Waals surface area contributed by atoms with Gasteiger partial charge < -0.3 is 19.8 Å². The zero-order valence-corrected chi connectivity index (χ0v) is 12.8. The molecule has 1 heterocycles. The number of hydrogen-bond acceptors (Lipinski definition) is 6. The predicted molar refractivity (Wildman–Crippen MR) is 76.2 cm³/mol. The number of aromatic nitrogens is 3. The van der Waals surface area contributed by atoms with Gasteiger partial charge in [0.1, 0.15) is 5.82 Å². The number of nitrogens with two attached hydrogens (primary N) is 1. The molecule has 0 saturated heterocycles. The van der Waals surface area contributed by atoms with Crippen LogP contribution in [0.25, 0.3) is 0 Å². The molecule has 0 aliphatic carbocycles. The lowest BCUT2D eigenvalue weighted by Crippen LogP contribution is -2.18. The summed E-state index contributed by atoms with van der Waals surface area (Å²) in [6, 6.07) is 0. The Bertz CT molecular complexity index is 353. The summed E-state index contributed by atoms with van der Waals surface area (Å²) in [5, 5.41) is 9.15. The molecule has 0 bridgehead atoms. The number of hydrogen-bond donors (Lipinski definition) is 1. The van der Waals surface area contributed by atoms with Crippen LogP contribution in [0.5, 0.6) is 0 Å². The average molecular weight is 288 g/mol. The highest BCUT2D eigenvalue weighted by Crippen LogP contribution is 2.19. The summed E-state index contributed by atoms with van der Waals surface area (Å²) in [5.74, 6) is 1.78. The van der Waals surface area contributed by atoms with Crippen LogP contribution in [0.2, 0.25) is 0 Å². The molecule has 110 valence electrons. The fraction of sp³-hybridized carbons (Fsp3) is 0.833.